The van der Waals surface area contributed by atoms with E-state index >= 15 is 0 Å². The van der Waals surface area contributed by atoms with Crippen molar-refractivity contribution in [3.05, 3.63) is 94.2 Å². The molecule has 1 atom stereocenters. The molecule has 31 heavy (non-hydrogen) atoms. The molecule has 0 saturated heterocycles. The number of hydrogen-bond acceptors (Lipinski definition) is 5. The second-order valence-corrected chi connectivity index (χ2v) is 7.98. The molecule has 154 valence electrons. The second kappa shape index (κ2) is 7.54. The van der Waals surface area contributed by atoms with Gasteiger partial charge in [0.1, 0.15) is 23.0 Å². The van der Waals surface area contributed by atoms with Gasteiger partial charge >= 0.3 is 0 Å². The van der Waals surface area contributed by atoms with Gasteiger partial charge in [0.05, 0.1) is 28.7 Å². The molecule has 7 nitrogen and oxygen atoms in total. The molecule has 1 aliphatic heterocycles. The number of H-pyrrole nitrogens is 1. The molecular formula is C23H17IN4O3. The maximum Gasteiger partial charge on any atom is 0.272 e. The Labute approximate surface area is 191 Å². The third kappa shape index (κ3) is 3.14. The van der Waals surface area contributed by atoms with Crippen molar-refractivity contribution in [3.8, 4) is 0 Å². The number of nitrogens with zero attached hydrogens (tertiary/aromatic N) is 3. The third-order valence-electron chi connectivity index (χ3n) is 5.61. The number of pyridine rings is 1. The van der Waals surface area contributed by atoms with Gasteiger partial charge in [-0.15, -0.1) is 0 Å². The summed E-state index contributed by atoms with van der Waals surface area (Å²) in [6.45, 7) is 1.77. The number of fused-ring (bicyclic) bond motifs is 2. The molecule has 1 aliphatic rings. The lowest BCUT2D eigenvalue weighted by molar-refractivity contribution is -0.128. The summed E-state index contributed by atoms with van der Waals surface area (Å²) in [5.41, 5.74) is 2.57. The molecule has 0 bridgehead atoms. The van der Waals surface area contributed by atoms with E-state index < -0.39 is 5.60 Å². The largest absolute Gasteiger partial charge is 0.294 e. The Bertz CT molecular complexity index is 1390. The number of anilines is 2. The predicted octanol–water partition coefficient (Wildman–Crippen LogP) is 4.17. The molecule has 0 saturated carbocycles. The zero-order valence-electron chi connectivity index (χ0n) is 16.5. The Balaban J connectivity index is 1.56. The summed E-state index contributed by atoms with van der Waals surface area (Å²) in [5, 5.41) is 8.20. The summed E-state index contributed by atoms with van der Waals surface area (Å²) >= 11 is 1.78. The maximum atomic E-state index is 13.3. The van der Waals surface area contributed by atoms with Crippen molar-refractivity contribution in [2.75, 3.05) is 4.90 Å². The van der Waals surface area contributed by atoms with Crippen LogP contribution in [0, 0.1) is 0 Å². The highest BCUT2D eigenvalue weighted by atomic mass is 127. The number of rotatable bonds is 4. The van der Waals surface area contributed by atoms with Gasteiger partial charge in [-0.1, -0.05) is 36.4 Å². The zero-order valence-corrected chi connectivity index (χ0v) is 18.7. The normalized spacial score (nSPS) is 17.9. The molecule has 0 unspecified atom stereocenters. The quantitative estimate of drug-likeness (QED) is 0.405. The van der Waals surface area contributed by atoms with Crippen molar-refractivity contribution in [2.24, 2.45) is 0 Å². The van der Waals surface area contributed by atoms with E-state index in [1.54, 1.807) is 53.3 Å². The van der Waals surface area contributed by atoms with E-state index in [9.17, 15) is 9.59 Å². The van der Waals surface area contributed by atoms with Crippen LogP contribution in [0.25, 0.3) is 10.8 Å². The SMILES string of the molecule is C[C@]1(OI)C(=O)N(c2cncc(Cc3n[nH]c(=O)c4ccccc34)c2)c2ccccc21. The number of nitrogens with one attached hydrogen (secondary N) is 1. The lowest BCUT2D eigenvalue weighted by Gasteiger charge is -2.21. The molecule has 2 aromatic heterocycles. The number of aromatic nitrogens is 3. The minimum absolute atomic E-state index is 0.172. The minimum atomic E-state index is -1.07. The van der Waals surface area contributed by atoms with Crippen LogP contribution in [0.4, 0.5) is 11.4 Å². The average Bonchev–Trinajstić information content (AvgIpc) is 3.03. The van der Waals surface area contributed by atoms with Crippen molar-refractivity contribution in [2.45, 2.75) is 18.9 Å². The molecule has 2 aromatic carbocycles. The fourth-order valence-corrected chi connectivity index (χ4v) is 4.46. The number of carbonyl (C=O) groups excluding carboxylic acids is 1. The molecule has 0 aliphatic carbocycles. The Morgan fingerprint density at radius 3 is 2.61 bits per heavy atom. The van der Waals surface area contributed by atoms with E-state index in [0.29, 0.717) is 17.5 Å². The first-order valence-electron chi connectivity index (χ1n) is 9.67. The van der Waals surface area contributed by atoms with E-state index in [4.69, 9.17) is 3.07 Å². The van der Waals surface area contributed by atoms with Crippen LogP contribution >= 0.6 is 23.0 Å². The molecule has 5 rings (SSSR count). The Morgan fingerprint density at radius 2 is 1.81 bits per heavy atom. The standard InChI is InChI=1S/C23H17IN4O3/c1-23(31-24)18-8-4-5-9-20(18)28(22(23)30)15-10-14(12-25-13-15)11-19-16-6-2-3-7-17(16)21(29)27-26-19/h2-10,12-13H,11H2,1H3,(H,27,29)/t23-/m1/s1. The summed E-state index contributed by atoms with van der Waals surface area (Å²) < 4.78 is 5.59. The number of benzene rings is 2. The summed E-state index contributed by atoms with van der Waals surface area (Å²) in [6, 6.07) is 16.9. The Kier molecular flexibility index (Phi) is 4.82. The van der Waals surface area contributed by atoms with Crippen LogP contribution in [-0.2, 0) is 19.9 Å². The van der Waals surface area contributed by atoms with Crippen LogP contribution in [0.15, 0.2) is 71.8 Å². The van der Waals surface area contributed by atoms with Gasteiger partial charge in [-0.05, 0) is 30.7 Å². The zero-order chi connectivity index (χ0) is 21.6. The topological polar surface area (TPSA) is 88.2 Å². The van der Waals surface area contributed by atoms with Crippen molar-refractivity contribution < 1.29 is 7.86 Å². The van der Waals surface area contributed by atoms with Gasteiger partial charge in [-0.25, -0.2) is 5.10 Å². The second-order valence-electron chi connectivity index (χ2n) is 7.54. The number of aromatic amines is 1. The Morgan fingerprint density at radius 1 is 1.06 bits per heavy atom. The van der Waals surface area contributed by atoms with Crippen molar-refractivity contribution in [1.29, 1.82) is 0 Å². The highest BCUT2D eigenvalue weighted by molar-refractivity contribution is 14.1. The van der Waals surface area contributed by atoms with E-state index in [-0.39, 0.29) is 11.5 Å². The highest BCUT2D eigenvalue weighted by Gasteiger charge is 2.49. The fraction of sp³-hybridized carbons (Fsp3) is 0.130. The summed E-state index contributed by atoms with van der Waals surface area (Å²) in [7, 11) is 0. The molecule has 4 aromatic rings. The van der Waals surface area contributed by atoms with Crippen molar-refractivity contribution >= 4 is 51.1 Å². The average molecular weight is 524 g/mol. The van der Waals surface area contributed by atoms with Gasteiger partial charge < -0.3 is 0 Å². The van der Waals surface area contributed by atoms with Gasteiger partial charge in [-0.3, -0.25) is 22.5 Å². The van der Waals surface area contributed by atoms with Gasteiger partial charge in [0, 0.05) is 23.6 Å². The summed E-state index contributed by atoms with van der Waals surface area (Å²) in [6.07, 6.45) is 3.86. The molecule has 1 N–H and O–H groups in total. The van der Waals surface area contributed by atoms with Crippen LogP contribution < -0.4 is 10.5 Å². The summed E-state index contributed by atoms with van der Waals surface area (Å²) in [5.74, 6) is -0.172. The molecule has 0 radical (unpaired) electrons. The first-order valence-corrected chi connectivity index (χ1v) is 10.5. The van der Waals surface area contributed by atoms with E-state index in [1.165, 1.54) is 0 Å². The van der Waals surface area contributed by atoms with Crippen LogP contribution in [0.1, 0.15) is 23.7 Å². The number of para-hydroxylation sites is 1. The van der Waals surface area contributed by atoms with Crippen LogP contribution in [0.2, 0.25) is 0 Å². The summed E-state index contributed by atoms with van der Waals surface area (Å²) in [4.78, 5) is 31.4. The lowest BCUT2D eigenvalue weighted by Crippen LogP contribution is -2.36. The minimum Gasteiger partial charge on any atom is -0.294 e. The number of carbonyl (C=O) groups is 1. The first-order chi connectivity index (χ1) is 15.0. The maximum absolute atomic E-state index is 13.3. The first kappa shape index (κ1) is 19.8. The molecule has 8 heteroatoms. The molecule has 0 fully saturated rings. The van der Waals surface area contributed by atoms with Crippen molar-refractivity contribution in [3.63, 3.8) is 0 Å². The monoisotopic (exact) mass is 524 g/mol. The van der Waals surface area contributed by atoms with Gasteiger partial charge in [-0.2, -0.15) is 5.10 Å². The highest BCUT2D eigenvalue weighted by Crippen LogP contribution is 2.46. The molecule has 0 spiro atoms. The van der Waals surface area contributed by atoms with Crippen LogP contribution in [-0.4, -0.2) is 21.1 Å². The Hall–Kier alpha value is -3.11. The fourth-order valence-electron chi connectivity index (χ4n) is 4.03. The third-order valence-corrected chi connectivity index (χ3v) is 6.49. The van der Waals surface area contributed by atoms with Crippen LogP contribution in [0.3, 0.4) is 0 Å². The van der Waals surface area contributed by atoms with Gasteiger partial charge in [0.25, 0.3) is 11.5 Å². The smallest absolute Gasteiger partial charge is 0.272 e. The number of halogens is 1. The van der Waals surface area contributed by atoms with E-state index in [1.807, 2.05) is 48.5 Å². The predicted molar refractivity (Wildman–Crippen MR) is 125 cm³/mol. The van der Waals surface area contributed by atoms with Gasteiger partial charge in [0.15, 0.2) is 5.60 Å². The number of hydrogen-bond donors (Lipinski definition) is 1. The molecule has 1 amide bonds. The molecule has 3 heterocycles. The van der Waals surface area contributed by atoms with Crippen LogP contribution in [0.5, 0.6) is 0 Å². The lowest BCUT2D eigenvalue weighted by atomic mass is 9.98. The van der Waals surface area contributed by atoms with Gasteiger partial charge in [0.2, 0.25) is 0 Å². The number of amides is 1. The van der Waals surface area contributed by atoms with Crippen molar-refractivity contribution in [1.82, 2.24) is 15.2 Å². The van der Waals surface area contributed by atoms with E-state index in [2.05, 4.69) is 15.2 Å². The molecular weight excluding hydrogens is 507 g/mol. The van der Waals surface area contributed by atoms with E-state index in [0.717, 1.165) is 27.9 Å².